The van der Waals surface area contributed by atoms with E-state index in [1.807, 2.05) is 31.2 Å². The van der Waals surface area contributed by atoms with Crippen LogP contribution < -0.4 is 9.46 Å². The maximum Gasteiger partial charge on any atom is 0.211 e. The van der Waals surface area contributed by atoms with Crippen molar-refractivity contribution < 1.29 is 18.3 Å². The van der Waals surface area contributed by atoms with Gasteiger partial charge in [-0.05, 0) is 50.9 Å². The molecule has 7 heteroatoms. The highest BCUT2D eigenvalue weighted by Gasteiger charge is 2.40. The Bertz CT molecular complexity index is 628. The molecule has 1 aromatic rings. The number of ether oxygens (including phenoxy) is 1. The molecule has 2 rings (SSSR count). The number of nitrogens with zero attached hydrogens (tertiary/aromatic N) is 1. The van der Waals surface area contributed by atoms with E-state index in [1.165, 1.54) is 0 Å². The van der Waals surface area contributed by atoms with Gasteiger partial charge in [0.05, 0.1) is 12.9 Å². The van der Waals surface area contributed by atoms with Crippen molar-refractivity contribution in [3.63, 3.8) is 0 Å². The van der Waals surface area contributed by atoms with Crippen molar-refractivity contribution in [2.24, 2.45) is 0 Å². The predicted molar refractivity (Wildman–Crippen MR) is 94.6 cm³/mol. The number of hydrogen-bond donors (Lipinski definition) is 2. The fourth-order valence-corrected chi connectivity index (χ4v) is 3.90. The van der Waals surface area contributed by atoms with E-state index < -0.39 is 15.6 Å². The van der Waals surface area contributed by atoms with Gasteiger partial charge < -0.3 is 9.84 Å². The molecule has 0 unspecified atom stereocenters. The smallest absolute Gasteiger partial charge is 0.211 e. The average molecular weight is 356 g/mol. The van der Waals surface area contributed by atoms with Gasteiger partial charge >= 0.3 is 0 Å². The van der Waals surface area contributed by atoms with E-state index in [9.17, 15) is 13.5 Å². The lowest BCUT2D eigenvalue weighted by atomic mass is 9.86. The van der Waals surface area contributed by atoms with E-state index in [2.05, 4.69) is 9.62 Å². The maximum absolute atomic E-state index is 11.5. The minimum atomic E-state index is -3.18. The number of nitrogens with one attached hydrogen (secondary N) is 1. The van der Waals surface area contributed by atoms with Gasteiger partial charge in [0, 0.05) is 19.1 Å². The summed E-state index contributed by atoms with van der Waals surface area (Å²) in [5.74, 6) is 0.840. The lowest BCUT2D eigenvalue weighted by Gasteiger charge is -2.37. The van der Waals surface area contributed by atoms with E-state index in [0.717, 1.165) is 30.7 Å². The largest absolute Gasteiger partial charge is 0.497 e. The molecular weight excluding hydrogens is 328 g/mol. The number of aliphatic hydroxyl groups is 1. The summed E-state index contributed by atoms with van der Waals surface area (Å²) in [5, 5.41) is 11.1. The highest BCUT2D eigenvalue weighted by atomic mass is 32.2. The normalized spacial score (nSPS) is 21.6. The van der Waals surface area contributed by atoms with Gasteiger partial charge in [-0.25, -0.2) is 13.1 Å². The van der Waals surface area contributed by atoms with Gasteiger partial charge in [0.25, 0.3) is 0 Å². The van der Waals surface area contributed by atoms with Crippen molar-refractivity contribution in [1.29, 1.82) is 0 Å². The van der Waals surface area contributed by atoms with Crippen LogP contribution >= 0.6 is 0 Å². The highest BCUT2D eigenvalue weighted by molar-refractivity contribution is 7.89. The van der Waals surface area contributed by atoms with Crippen LogP contribution in [0.2, 0.25) is 0 Å². The molecule has 0 aromatic heterocycles. The molecule has 1 heterocycles. The van der Waals surface area contributed by atoms with Gasteiger partial charge in [0.1, 0.15) is 11.4 Å². The number of benzene rings is 1. The summed E-state index contributed by atoms with van der Waals surface area (Å²) < 4.78 is 30.8. The lowest BCUT2D eigenvalue weighted by Crippen LogP contribution is -2.48. The molecule has 24 heavy (non-hydrogen) atoms. The topological polar surface area (TPSA) is 78.9 Å². The summed E-state index contributed by atoms with van der Waals surface area (Å²) in [7, 11) is -1.56. The van der Waals surface area contributed by atoms with Crippen molar-refractivity contribution in [3.05, 3.63) is 29.8 Å². The molecule has 2 N–H and O–H groups in total. The van der Waals surface area contributed by atoms with Gasteiger partial charge in [0.15, 0.2) is 0 Å². The Hall–Kier alpha value is -1.15. The Balaban J connectivity index is 2.04. The molecule has 0 saturated carbocycles. The van der Waals surface area contributed by atoms with Gasteiger partial charge in [-0.15, -0.1) is 0 Å². The molecule has 1 aromatic carbocycles. The molecule has 0 radical (unpaired) electrons. The van der Waals surface area contributed by atoms with Crippen molar-refractivity contribution in [2.75, 3.05) is 32.5 Å². The molecule has 1 saturated heterocycles. The van der Waals surface area contributed by atoms with Gasteiger partial charge in [-0.3, -0.25) is 4.90 Å². The first kappa shape index (κ1) is 19.2. The Morgan fingerprint density at radius 1 is 1.38 bits per heavy atom. The summed E-state index contributed by atoms with van der Waals surface area (Å²) in [6.07, 6.45) is 1.89. The first-order valence-corrected chi connectivity index (χ1v) is 10.0. The second kappa shape index (κ2) is 7.82. The molecule has 6 nitrogen and oxygen atoms in total. The van der Waals surface area contributed by atoms with Crippen molar-refractivity contribution in [2.45, 2.75) is 38.3 Å². The standard InChI is InChI=1S/C17H28N2O4S/c1-4-24(21,22)18-11-13-19-12-5-6-16(19)17(2,20)14-7-9-15(23-3)10-8-14/h7-10,16,18,20H,4-6,11-13H2,1-3H3/t16-,17+/m1/s1. The Morgan fingerprint density at radius 2 is 2.04 bits per heavy atom. The summed E-state index contributed by atoms with van der Waals surface area (Å²) in [5.41, 5.74) is -0.152. The third-order valence-electron chi connectivity index (χ3n) is 4.79. The zero-order valence-corrected chi connectivity index (χ0v) is 15.5. The number of hydrogen-bond acceptors (Lipinski definition) is 5. The first-order valence-electron chi connectivity index (χ1n) is 8.38. The fourth-order valence-electron chi connectivity index (χ4n) is 3.30. The molecule has 2 atom stereocenters. The second-order valence-electron chi connectivity index (χ2n) is 6.37. The van der Waals surface area contributed by atoms with Gasteiger partial charge in [0.2, 0.25) is 10.0 Å². The van der Waals surface area contributed by atoms with E-state index in [0.29, 0.717) is 13.1 Å². The van der Waals surface area contributed by atoms with Crippen LogP contribution in [-0.2, 0) is 15.6 Å². The molecule has 0 amide bonds. The highest BCUT2D eigenvalue weighted by Crippen LogP contribution is 2.35. The number of likely N-dealkylation sites (tertiary alicyclic amines) is 1. The summed E-state index contributed by atoms with van der Waals surface area (Å²) >= 11 is 0. The molecule has 1 aliphatic heterocycles. The summed E-state index contributed by atoms with van der Waals surface area (Å²) in [6, 6.07) is 7.43. The number of rotatable bonds is 8. The molecule has 1 fully saturated rings. The van der Waals surface area contributed by atoms with E-state index in [4.69, 9.17) is 4.74 Å². The minimum absolute atomic E-state index is 0.0305. The molecule has 136 valence electrons. The van der Waals surface area contributed by atoms with Gasteiger partial charge in [-0.2, -0.15) is 0 Å². The molecule has 0 bridgehead atoms. The lowest BCUT2D eigenvalue weighted by molar-refractivity contribution is -0.0222. The Morgan fingerprint density at radius 3 is 2.62 bits per heavy atom. The van der Waals surface area contributed by atoms with E-state index in [1.54, 1.807) is 14.0 Å². The minimum Gasteiger partial charge on any atom is -0.497 e. The van der Waals surface area contributed by atoms with Gasteiger partial charge in [-0.1, -0.05) is 12.1 Å². The van der Waals surface area contributed by atoms with Crippen molar-refractivity contribution in [1.82, 2.24) is 9.62 Å². The Labute approximate surface area is 144 Å². The zero-order chi connectivity index (χ0) is 17.8. The average Bonchev–Trinajstić information content (AvgIpc) is 3.04. The van der Waals surface area contributed by atoms with Crippen LogP contribution in [0.3, 0.4) is 0 Å². The maximum atomic E-state index is 11.5. The second-order valence-corrected chi connectivity index (χ2v) is 8.46. The molecular formula is C17H28N2O4S. The third-order valence-corrected chi connectivity index (χ3v) is 6.19. The molecule has 0 aliphatic carbocycles. The van der Waals surface area contributed by atoms with E-state index >= 15 is 0 Å². The predicted octanol–water partition coefficient (Wildman–Crippen LogP) is 1.31. The van der Waals surface area contributed by atoms with Crippen LogP contribution in [0.1, 0.15) is 32.3 Å². The monoisotopic (exact) mass is 356 g/mol. The van der Waals surface area contributed by atoms with Crippen LogP contribution in [0, 0.1) is 0 Å². The summed E-state index contributed by atoms with van der Waals surface area (Å²) in [4.78, 5) is 2.17. The van der Waals surface area contributed by atoms with Crippen LogP contribution in [-0.4, -0.2) is 57.0 Å². The van der Waals surface area contributed by atoms with E-state index in [-0.39, 0.29) is 11.8 Å². The number of sulfonamides is 1. The fraction of sp³-hybridized carbons (Fsp3) is 0.647. The number of methoxy groups -OCH3 is 1. The SMILES string of the molecule is CCS(=O)(=O)NCCN1CCC[C@@H]1[C@@](C)(O)c1ccc(OC)cc1. The van der Waals surface area contributed by atoms with Crippen molar-refractivity contribution >= 4 is 10.0 Å². The quantitative estimate of drug-likeness (QED) is 0.734. The third kappa shape index (κ3) is 4.47. The van der Waals surface area contributed by atoms with Crippen LogP contribution in [0.5, 0.6) is 5.75 Å². The first-order chi connectivity index (χ1) is 11.3. The van der Waals surface area contributed by atoms with Crippen LogP contribution in [0.25, 0.3) is 0 Å². The summed E-state index contributed by atoms with van der Waals surface area (Å²) in [6.45, 7) is 5.27. The van der Waals surface area contributed by atoms with Crippen LogP contribution in [0.15, 0.2) is 24.3 Å². The van der Waals surface area contributed by atoms with Crippen LogP contribution in [0.4, 0.5) is 0 Å². The van der Waals surface area contributed by atoms with Crippen molar-refractivity contribution in [3.8, 4) is 5.75 Å². The zero-order valence-electron chi connectivity index (χ0n) is 14.7. The molecule has 1 aliphatic rings. The molecule has 0 spiro atoms. The Kier molecular flexibility index (Phi) is 6.25.